The van der Waals surface area contributed by atoms with Gasteiger partial charge in [0.05, 0.1) is 5.60 Å². The van der Waals surface area contributed by atoms with Crippen molar-refractivity contribution in [3.8, 4) is 0 Å². The average Bonchev–Trinajstić information content (AvgIpc) is 1.61. The third kappa shape index (κ3) is 0.778. The Morgan fingerprint density at radius 3 is 2.14 bits per heavy atom. The molecule has 1 saturated carbocycles. The Bertz CT molecular complexity index is 59.1. The van der Waals surface area contributed by atoms with Gasteiger partial charge >= 0.3 is 0 Å². The van der Waals surface area contributed by atoms with Gasteiger partial charge in [0.15, 0.2) is 0 Å². The molecule has 0 aliphatic heterocycles. The Labute approximate surface area is 44.7 Å². The van der Waals surface area contributed by atoms with E-state index in [0.29, 0.717) is 0 Å². The molecule has 0 bridgehead atoms. The van der Waals surface area contributed by atoms with Crippen LogP contribution < -0.4 is 0 Å². The largest absolute Gasteiger partial charge is 0.378 e. The summed E-state index contributed by atoms with van der Waals surface area (Å²) in [6.07, 6.45) is 3.57. The van der Waals surface area contributed by atoms with E-state index in [4.69, 9.17) is 4.74 Å². The molecule has 1 radical (unpaired) electrons. The van der Waals surface area contributed by atoms with Crippen LogP contribution in [0.3, 0.4) is 0 Å². The normalized spacial score (nSPS) is 26.6. The molecule has 41 valence electrons. The first-order valence-corrected chi connectivity index (χ1v) is 2.67. The van der Waals surface area contributed by atoms with Crippen molar-refractivity contribution < 1.29 is 4.74 Å². The number of hydrogen-bond donors (Lipinski definition) is 0. The summed E-state index contributed by atoms with van der Waals surface area (Å²) in [6, 6.07) is 0. The monoisotopic (exact) mass is 99.1 g/mol. The second-order valence-corrected chi connectivity index (χ2v) is 2.24. The van der Waals surface area contributed by atoms with Gasteiger partial charge in [-0.1, -0.05) is 0 Å². The van der Waals surface area contributed by atoms with Crippen LogP contribution in [0.4, 0.5) is 0 Å². The summed E-state index contributed by atoms with van der Waals surface area (Å²) in [5.74, 6) is 0. The Kier molecular flexibility index (Phi) is 1.08. The molecule has 1 fully saturated rings. The minimum atomic E-state index is 0.0139. The van der Waals surface area contributed by atoms with Crippen LogP contribution in [0.15, 0.2) is 0 Å². The molecule has 1 rings (SSSR count). The Hall–Kier alpha value is -0.0400. The van der Waals surface area contributed by atoms with Gasteiger partial charge in [0, 0.05) is 7.11 Å². The number of ether oxygens (including phenoxy) is 1. The van der Waals surface area contributed by atoms with Crippen molar-refractivity contribution in [2.75, 3.05) is 7.11 Å². The van der Waals surface area contributed by atoms with Gasteiger partial charge in [0.2, 0.25) is 0 Å². The number of methoxy groups -OCH3 is 1. The minimum absolute atomic E-state index is 0.0139. The highest BCUT2D eigenvalue weighted by Gasteiger charge is 2.30. The summed E-state index contributed by atoms with van der Waals surface area (Å²) >= 11 is 0. The second kappa shape index (κ2) is 1.48. The second-order valence-electron chi connectivity index (χ2n) is 2.24. The van der Waals surface area contributed by atoms with Crippen molar-refractivity contribution in [3.63, 3.8) is 0 Å². The third-order valence-corrected chi connectivity index (χ3v) is 1.70. The predicted molar refractivity (Wildman–Crippen MR) is 28.9 cm³/mol. The molecule has 0 heterocycles. The fourth-order valence-corrected chi connectivity index (χ4v) is 0.775. The fourth-order valence-electron chi connectivity index (χ4n) is 0.775. The van der Waals surface area contributed by atoms with Gasteiger partial charge in [-0.2, -0.15) is 0 Å². The molecule has 0 aromatic carbocycles. The van der Waals surface area contributed by atoms with Crippen molar-refractivity contribution in [2.45, 2.75) is 24.9 Å². The van der Waals surface area contributed by atoms with Crippen LogP contribution in [-0.4, -0.2) is 12.7 Å². The molecular formula is C6H11O. The van der Waals surface area contributed by atoms with E-state index in [0.717, 1.165) is 12.8 Å². The van der Waals surface area contributed by atoms with Gasteiger partial charge in [-0.15, -0.1) is 0 Å². The molecule has 0 atom stereocenters. The summed E-state index contributed by atoms with van der Waals surface area (Å²) in [4.78, 5) is 0. The third-order valence-electron chi connectivity index (χ3n) is 1.70. The van der Waals surface area contributed by atoms with Gasteiger partial charge in [-0.25, -0.2) is 0 Å². The van der Waals surface area contributed by atoms with Gasteiger partial charge in [-0.05, 0) is 26.2 Å². The highest BCUT2D eigenvalue weighted by atomic mass is 16.5. The Balaban J connectivity index is 2.29. The van der Waals surface area contributed by atoms with Crippen molar-refractivity contribution in [3.05, 3.63) is 6.92 Å². The molecule has 0 unspecified atom stereocenters. The molecule has 0 spiro atoms. The maximum atomic E-state index is 5.06. The van der Waals surface area contributed by atoms with E-state index in [9.17, 15) is 0 Å². The summed E-state index contributed by atoms with van der Waals surface area (Å²) in [7, 11) is 1.73. The maximum absolute atomic E-state index is 5.06. The highest BCUT2D eigenvalue weighted by molar-refractivity contribution is 4.91. The molecule has 1 heteroatoms. The Morgan fingerprint density at radius 1 is 1.57 bits per heavy atom. The SMILES string of the molecule is [CH2]C1(OC)CCC1. The van der Waals surface area contributed by atoms with Crippen LogP contribution in [0.25, 0.3) is 0 Å². The van der Waals surface area contributed by atoms with Crippen molar-refractivity contribution in [1.82, 2.24) is 0 Å². The van der Waals surface area contributed by atoms with Crippen LogP contribution in [0.5, 0.6) is 0 Å². The van der Waals surface area contributed by atoms with Crippen molar-refractivity contribution >= 4 is 0 Å². The quantitative estimate of drug-likeness (QED) is 0.482. The lowest BCUT2D eigenvalue weighted by atomic mass is 9.82. The van der Waals surface area contributed by atoms with E-state index in [1.54, 1.807) is 7.11 Å². The van der Waals surface area contributed by atoms with E-state index in [-0.39, 0.29) is 5.60 Å². The average molecular weight is 99.2 g/mol. The van der Waals surface area contributed by atoms with Crippen LogP contribution in [0.2, 0.25) is 0 Å². The van der Waals surface area contributed by atoms with Crippen LogP contribution in [0.1, 0.15) is 19.3 Å². The van der Waals surface area contributed by atoms with E-state index in [1.807, 2.05) is 0 Å². The first kappa shape index (κ1) is 5.10. The lowest BCUT2D eigenvalue weighted by Crippen LogP contribution is -2.35. The van der Waals surface area contributed by atoms with Gasteiger partial charge in [0.25, 0.3) is 0 Å². The standard InChI is InChI=1S/C6H11O/c1-6(7-2)4-3-5-6/h1,3-5H2,2H3. The summed E-state index contributed by atoms with van der Waals surface area (Å²) in [5.41, 5.74) is 0.0139. The molecule has 0 amide bonds. The number of hydrogen-bond acceptors (Lipinski definition) is 1. The summed E-state index contributed by atoms with van der Waals surface area (Å²) in [6.45, 7) is 3.87. The zero-order valence-electron chi connectivity index (χ0n) is 4.74. The molecule has 1 aliphatic carbocycles. The Morgan fingerprint density at radius 2 is 2.14 bits per heavy atom. The first-order chi connectivity index (χ1) is 3.27. The van der Waals surface area contributed by atoms with E-state index >= 15 is 0 Å². The first-order valence-electron chi connectivity index (χ1n) is 2.67. The van der Waals surface area contributed by atoms with Crippen LogP contribution >= 0.6 is 0 Å². The molecule has 0 aromatic rings. The molecule has 0 N–H and O–H groups in total. The van der Waals surface area contributed by atoms with Gasteiger partial charge in [0.1, 0.15) is 0 Å². The lowest BCUT2D eigenvalue weighted by Gasteiger charge is -2.36. The lowest BCUT2D eigenvalue weighted by molar-refractivity contribution is -0.0327. The molecule has 1 aliphatic rings. The zero-order valence-corrected chi connectivity index (χ0v) is 4.74. The van der Waals surface area contributed by atoms with Crippen LogP contribution in [0, 0.1) is 6.92 Å². The molecule has 0 saturated heterocycles. The van der Waals surface area contributed by atoms with Gasteiger partial charge in [-0.3, -0.25) is 0 Å². The maximum Gasteiger partial charge on any atom is 0.0679 e. The molecule has 7 heavy (non-hydrogen) atoms. The predicted octanol–water partition coefficient (Wildman–Crippen LogP) is 1.39. The summed E-state index contributed by atoms with van der Waals surface area (Å²) < 4.78 is 5.06. The molecule has 0 aromatic heterocycles. The topological polar surface area (TPSA) is 9.23 Å². The van der Waals surface area contributed by atoms with Crippen molar-refractivity contribution in [1.29, 1.82) is 0 Å². The van der Waals surface area contributed by atoms with Crippen molar-refractivity contribution in [2.24, 2.45) is 0 Å². The zero-order chi connectivity index (χ0) is 5.33. The number of rotatable bonds is 1. The van der Waals surface area contributed by atoms with Crippen LogP contribution in [-0.2, 0) is 4.74 Å². The van der Waals surface area contributed by atoms with E-state index in [2.05, 4.69) is 6.92 Å². The van der Waals surface area contributed by atoms with E-state index in [1.165, 1.54) is 6.42 Å². The fraction of sp³-hybridized carbons (Fsp3) is 0.833. The molecule has 1 nitrogen and oxygen atoms in total. The highest BCUT2D eigenvalue weighted by Crippen LogP contribution is 2.33. The summed E-state index contributed by atoms with van der Waals surface area (Å²) in [5, 5.41) is 0. The molecular weight excluding hydrogens is 88.1 g/mol. The van der Waals surface area contributed by atoms with E-state index < -0.39 is 0 Å². The minimum Gasteiger partial charge on any atom is -0.378 e. The smallest absolute Gasteiger partial charge is 0.0679 e. The van der Waals surface area contributed by atoms with Gasteiger partial charge < -0.3 is 4.74 Å².